The van der Waals surface area contributed by atoms with Crippen molar-refractivity contribution >= 4 is 17.7 Å². The Morgan fingerprint density at radius 1 is 1.71 bits per heavy atom. The Balaban J connectivity index is 2.26. The molecule has 2 aliphatic rings. The first-order valence-corrected chi connectivity index (χ1v) is 5.34. The van der Waals surface area contributed by atoms with E-state index in [1.54, 1.807) is 6.92 Å². The third-order valence-electron chi connectivity index (χ3n) is 2.14. The number of allylic oxidation sites excluding steroid dienone is 2. The monoisotopic (exact) mass is 209 g/mol. The maximum Gasteiger partial charge on any atom is 0.341 e. The molecule has 3 nitrogen and oxygen atoms in total. The lowest BCUT2D eigenvalue weighted by molar-refractivity contribution is -0.138. The summed E-state index contributed by atoms with van der Waals surface area (Å²) in [5.74, 6) is -0.310. The molecule has 0 fully saturated rings. The fraction of sp³-hybridized carbons (Fsp3) is 0.300. The molecule has 0 saturated heterocycles. The van der Waals surface area contributed by atoms with E-state index < -0.39 is 0 Å². The summed E-state index contributed by atoms with van der Waals surface area (Å²) in [6.45, 7) is 2.17. The second kappa shape index (κ2) is 3.53. The van der Waals surface area contributed by atoms with Gasteiger partial charge in [0.05, 0.1) is 22.5 Å². The van der Waals surface area contributed by atoms with Gasteiger partial charge in [-0.1, -0.05) is 30.0 Å². The van der Waals surface area contributed by atoms with Gasteiger partial charge in [0.1, 0.15) is 0 Å². The Morgan fingerprint density at radius 2 is 2.50 bits per heavy atom. The van der Waals surface area contributed by atoms with Gasteiger partial charge in [-0.25, -0.2) is 4.79 Å². The summed E-state index contributed by atoms with van der Waals surface area (Å²) in [7, 11) is 0. The molecule has 4 heteroatoms. The van der Waals surface area contributed by atoms with E-state index in [4.69, 9.17) is 10.5 Å². The van der Waals surface area contributed by atoms with Crippen LogP contribution in [0.15, 0.2) is 34.4 Å². The van der Waals surface area contributed by atoms with Gasteiger partial charge in [-0.15, -0.1) is 0 Å². The minimum Gasteiger partial charge on any atom is -0.462 e. The third kappa shape index (κ3) is 1.35. The van der Waals surface area contributed by atoms with E-state index in [0.29, 0.717) is 17.2 Å². The van der Waals surface area contributed by atoms with Crippen LogP contribution in [0.2, 0.25) is 0 Å². The van der Waals surface area contributed by atoms with Gasteiger partial charge in [0.25, 0.3) is 0 Å². The van der Waals surface area contributed by atoms with E-state index in [1.165, 1.54) is 11.8 Å². The smallest absolute Gasteiger partial charge is 0.341 e. The highest BCUT2D eigenvalue weighted by Gasteiger charge is 2.33. The topological polar surface area (TPSA) is 52.3 Å². The van der Waals surface area contributed by atoms with Crippen molar-refractivity contribution in [3.05, 3.63) is 34.4 Å². The molecule has 14 heavy (non-hydrogen) atoms. The molecular formula is C10H11NO2S. The highest BCUT2D eigenvalue weighted by molar-refractivity contribution is 8.04. The maximum absolute atomic E-state index is 11.6. The zero-order valence-corrected chi connectivity index (χ0v) is 8.64. The molecule has 2 N–H and O–H groups in total. The molecule has 74 valence electrons. The van der Waals surface area contributed by atoms with Crippen molar-refractivity contribution in [3.8, 4) is 0 Å². The van der Waals surface area contributed by atoms with E-state index in [1.807, 2.05) is 18.2 Å². The molecular weight excluding hydrogens is 198 g/mol. The quantitative estimate of drug-likeness (QED) is 0.697. The number of rotatable bonds is 2. The van der Waals surface area contributed by atoms with Gasteiger partial charge in [-0.05, 0) is 12.5 Å². The summed E-state index contributed by atoms with van der Waals surface area (Å²) in [5.41, 5.74) is 7.29. The molecule has 0 aromatic heterocycles. The number of fused-ring (bicyclic) bond motifs is 1. The molecule has 2 rings (SSSR count). The zero-order chi connectivity index (χ0) is 10.1. The van der Waals surface area contributed by atoms with Gasteiger partial charge < -0.3 is 10.5 Å². The summed E-state index contributed by atoms with van der Waals surface area (Å²) < 4.78 is 4.95. The molecule has 0 spiro atoms. The van der Waals surface area contributed by atoms with Crippen molar-refractivity contribution in [1.82, 2.24) is 0 Å². The Kier molecular flexibility index (Phi) is 2.37. The van der Waals surface area contributed by atoms with Crippen LogP contribution in [0.3, 0.4) is 0 Å². The first kappa shape index (κ1) is 9.40. The van der Waals surface area contributed by atoms with Crippen LogP contribution in [0.5, 0.6) is 0 Å². The van der Waals surface area contributed by atoms with Crippen LogP contribution in [0.1, 0.15) is 6.92 Å². The number of esters is 1. The van der Waals surface area contributed by atoms with Crippen molar-refractivity contribution < 1.29 is 9.53 Å². The van der Waals surface area contributed by atoms with Gasteiger partial charge >= 0.3 is 5.97 Å². The molecule has 0 radical (unpaired) electrons. The van der Waals surface area contributed by atoms with Crippen molar-refractivity contribution in [2.75, 3.05) is 6.61 Å². The molecule has 1 atom stereocenters. The molecule has 0 aromatic rings. The van der Waals surface area contributed by atoms with Crippen molar-refractivity contribution in [2.45, 2.75) is 12.2 Å². The van der Waals surface area contributed by atoms with Crippen LogP contribution < -0.4 is 5.73 Å². The summed E-state index contributed by atoms with van der Waals surface area (Å²) >= 11 is 1.50. The molecule has 1 aliphatic carbocycles. The van der Waals surface area contributed by atoms with Crippen molar-refractivity contribution in [1.29, 1.82) is 0 Å². The standard InChI is InChI=1S/C10H11NO2S/c1-2-13-10(12)8-6-4-3-5-7(6)14-9(8)11/h3-5,7H,2,11H2,1H3. The Hall–Kier alpha value is -1.16. The number of carbonyl (C=O) groups is 1. The van der Waals surface area contributed by atoms with Gasteiger partial charge in [0.15, 0.2) is 0 Å². The van der Waals surface area contributed by atoms with Crippen LogP contribution in [0.25, 0.3) is 0 Å². The number of carbonyl (C=O) groups excluding carboxylic acids is 1. The number of hydrogen-bond acceptors (Lipinski definition) is 4. The predicted octanol–water partition coefficient (Wildman–Crippen LogP) is 1.33. The maximum atomic E-state index is 11.6. The first-order chi connectivity index (χ1) is 6.74. The number of ether oxygens (including phenoxy) is 1. The van der Waals surface area contributed by atoms with Crippen LogP contribution in [-0.2, 0) is 9.53 Å². The van der Waals surface area contributed by atoms with Gasteiger partial charge in [-0.3, -0.25) is 0 Å². The number of hydrogen-bond donors (Lipinski definition) is 1. The van der Waals surface area contributed by atoms with Crippen LogP contribution in [0, 0.1) is 0 Å². The average Bonchev–Trinajstić information content (AvgIpc) is 2.63. The fourth-order valence-electron chi connectivity index (χ4n) is 1.55. The van der Waals surface area contributed by atoms with Crippen molar-refractivity contribution in [3.63, 3.8) is 0 Å². The summed E-state index contributed by atoms with van der Waals surface area (Å²) in [6, 6.07) is 0. The van der Waals surface area contributed by atoms with Gasteiger partial charge in [0, 0.05) is 0 Å². The summed E-state index contributed by atoms with van der Waals surface area (Å²) in [4.78, 5) is 11.6. The minimum absolute atomic E-state index is 0.217. The van der Waals surface area contributed by atoms with E-state index in [-0.39, 0.29) is 11.2 Å². The first-order valence-electron chi connectivity index (χ1n) is 4.46. The van der Waals surface area contributed by atoms with E-state index in [2.05, 4.69) is 0 Å². The summed E-state index contributed by atoms with van der Waals surface area (Å²) in [6.07, 6.45) is 5.89. The Morgan fingerprint density at radius 3 is 3.21 bits per heavy atom. The van der Waals surface area contributed by atoms with Crippen LogP contribution in [-0.4, -0.2) is 17.8 Å². The number of thioether (sulfide) groups is 1. The normalized spacial score (nSPS) is 23.8. The largest absolute Gasteiger partial charge is 0.462 e. The molecule has 1 unspecified atom stereocenters. The van der Waals surface area contributed by atoms with Crippen LogP contribution >= 0.6 is 11.8 Å². The molecule has 0 bridgehead atoms. The zero-order valence-electron chi connectivity index (χ0n) is 7.82. The average molecular weight is 209 g/mol. The lowest BCUT2D eigenvalue weighted by atomic mass is 10.1. The second-order valence-electron chi connectivity index (χ2n) is 3.01. The Labute approximate surface area is 86.7 Å². The predicted molar refractivity (Wildman–Crippen MR) is 56.4 cm³/mol. The summed E-state index contributed by atoms with van der Waals surface area (Å²) in [5, 5.41) is 0.790. The highest BCUT2D eigenvalue weighted by Crippen LogP contribution is 2.42. The van der Waals surface area contributed by atoms with Gasteiger partial charge in [-0.2, -0.15) is 0 Å². The molecule has 0 saturated carbocycles. The highest BCUT2D eigenvalue weighted by atomic mass is 32.2. The molecule has 0 aromatic carbocycles. The van der Waals surface area contributed by atoms with E-state index in [9.17, 15) is 4.79 Å². The Bertz CT molecular complexity index is 368. The molecule has 1 heterocycles. The number of nitrogens with two attached hydrogens (primary N) is 1. The molecule has 1 aliphatic heterocycles. The lowest BCUT2D eigenvalue weighted by Crippen LogP contribution is -2.12. The van der Waals surface area contributed by atoms with Crippen molar-refractivity contribution in [2.24, 2.45) is 5.73 Å². The SMILES string of the molecule is CCOC(=O)C1=C(N)SC2C=CC=C12. The van der Waals surface area contributed by atoms with Crippen LogP contribution in [0.4, 0.5) is 0 Å². The lowest BCUT2D eigenvalue weighted by Gasteiger charge is -2.05. The van der Waals surface area contributed by atoms with E-state index in [0.717, 1.165) is 5.57 Å². The second-order valence-corrected chi connectivity index (χ2v) is 4.19. The molecule has 0 amide bonds. The minimum atomic E-state index is -0.310. The van der Waals surface area contributed by atoms with Gasteiger partial charge in [0.2, 0.25) is 0 Å². The third-order valence-corrected chi connectivity index (χ3v) is 3.26. The van der Waals surface area contributed by atoms with E-state index >= 15 is 0 Å². The fourth-order valence-corrected chi connectivity index (χ4v) is 2.63.